The summed E-state index contributed by atoms with van der Waals surface area (Å²) in [6, 6.07) is 0.132. The number of nitrogens with one attached hydrogen (secondary N) is 1. The Balaban J connectivity index is 3.37. The molecule has 0 spiro atoms. The van der Waals surface area contributed by atoms with Crippen LogP contribution in [0.2, 0.25) is 0 Å². The highest BCUT2D eigenvalue weighted by atomic mass is 16.6. The predicted octanol–water partition coefficient (Wildman–Crippen LogP) is 3.51. The summed E-state index contributed by atoms with van der Waals surface area (Å²) in [4.78, 5) is 19.4. The zero-order chi connectivity index (χ0) is 16.0. The Morgan fingerprint density at radius 3 is 2.29 bits per heavy atom. The van der Waals surface area contributed by atoms with Crippen LogP contribution in [0.15, 0.2) is 0 Å². The molecule has 7 heteroatoms. The number of nitrogens with zero attached hydrogens (tertiary/aromatic N) is 3. The van der Waals surface area contributed by atoms with Crippen molar-refractivity contribution >= 4 is 11.5 Å². The van der Waals surface area contributed by atoms with Gasteiger partial charge in [-0.05, 0) is 19.8 Å². The van der Waals surface area contributed by atoms with Crippen molar-refractivity contribution in [3.05, 3.63) is 15.9 Å². The smallest absolute Gasteiger partial charge is 0.372 e. The van der Waals surface area contributed by atoms with Crippen LogP contribution in [0.5, 0.6) is 5.88 Å². The molecule has 0 aliphatic heterocycles. The van der Waals surface area contributed by atoms with E-state index in [0.29, 0.717) is 12.4 Å². The quantitative estimate of drug-likeness (QED) is 0.583. The lowest BCUT2D eigenvalue weighted by molar-refractivity contribution is -0.385. The fourth-order valence-corrected chi connectivity index (χ4v) is 1.90. The first-order valence-electron chi connectivity index (χ1n) is 7.40. The highest BCUT2D eigenvalue weighted by Gasteiger charge is 2.27. The van der Waals surface area contributed by atoms with Gasteiger partial charge in [0.25, 0.3) is 5.88 Å². The summed E-state index contributed by atoms with van der Waals surface area (Å²) in [6.45, 7) is 10.0. The maximum Gasteiger partial charge on any atom is 0.372 e. The Labute approximate surface area is 125 Å². The van der Waals surface area contributed by atoms with Gasteiger partial charge in [0.05, 0.1) is 11.5 Å². The lowest BCUT2D eigenvalue weighted by atomic mass is 10.1. The molecule has 0 radical (unpaired) electrons. The maximum absolute atomic E-state index is 11.4. The molecule has 7 nitrogen and oxygen atoms in total. The van der Waals surface area contributed by atoms with Gasteiger partial charge in [-0.3, -0.25) is 10.1 Å². The third kappa shape index (κ3) is 4.27. The Morgan fingerprint density at radius 2 is 1.86 bits per heavy atom. The minimum Gasteiger partial charge on any atom is -0.473 e. The van der Waals surface area contributed by atoms with Crippen LogP contribution >= 0.6 is 0 Å². The summed E-state index contributed by atoms with van der Waals surface area (Å²) in [5.74, 6) is 0.885. The first kappa shape index (κ1) is 17.1. The molecule has 0 saturated carbocycles. The summed E-state index contributed by atoms with van der Waals surface area (Å²) in [6.07, 6.45) is 1.72. The van der Waals surface area contributed by atoms with Crippen molar-refractivity contribution < 1.29 is 9.66 Å². The van der Waals surface area contributed by atoms with Crippen LogP contribution in [-0.4, -0.2) is 27.5 Å². The summed E-state index contributed by atoms with van der Waals surface area (Å²) >= 11 is 0. The Kier molecular flexibility index (Phi) is 6.33. The Morgan fingerprint density at radius 1 is 1.24 bits per heavy atom. The number of anilines is 1. The Bertz CT molecular complexity index is 487. The van der Waals surface area contributed by atoms with Gasteiger partial charge in [-0.2, -0.15) is 4.98 Å². The number of hydrogen-bond acceptors (Lipinski definition) is 6. The normalized spacial score (nSPS) is 11.0. The van der Waals surface area contributed by atoms with Gasteiger partial charge in [-0.15, -0.1) is 0 Å². The molecule has 0 aromatic carbocycles. The molecule has 0 amide bonds. The van der Waals surface area contributed by atoms with Gasteiger partial charge in [0.1, 0.15) is 5.82 Å². The number of nitro groups is 1. The molecule has 1 aromatic heterocycles. The first-order chi connectivity index (χ1) is 9.94. The van der Waals surface area contributed by atoms with E-state index in [1.165, 1.54) is 0 Å². The van der Waals surface area contributed by atoms with E-state index in [9.17, 15) is 10.1 Å². The lowest BCUT2D eigenvalue weighted by Crippen LogP contribution is -2.20. The fourth-order valence-electron chi connectivity index (χ4n) is 1.90. The minimum atomic E-state index is -0.486. The maximum atomic E-state index is 11.4. The van der Waals surface area contributed by atoms with Gasteiger partial charge in [-0.1, -0.05) is 27.7 Å². The topological polar surface area (TPSA) is 90.2 Å². The van der Waals surface area contributed by atoms with Crippen molar-refractivity contribution in [2.24, 2.45) is 0 Å². The molecule has 1 rings (SSSR count). The van der Waals surface area contributed by atoms with Crippen LogP contribution in [0.3, 0.4) is 0 Å². The monoisotopic (exact) mass is 296 g/mol. The van der Waals surface area contributed by atoms with Gasteiger partial charge < -0.3 is 10.1 Å². The average molecular weight is 296 g/mol. The minimum absolute atomic E-state index is 0.0367. The summed E-state index contributed by atoms with van der Waals surface area (Å²) < 4.78 is 5.35. The van der Waals surface area contributed by atoms with E-state index >= 15 is 0 Å². The summed E-state index contributed by atoms with van der Waals surface area (Å²) in [5, 5.41) is 14.5. The Hall–Kier alpha value is -1.92. The van der Waals surface area contributed by atoms with Crippen molar-refractivity contribution in [1.29, 1.82) is 0 Å². The molecule has 21 heavy (non-hydrogen) atoms. The first-order valence-corrected chi connectivity index (χ1v) is 7.40. The number of ether oxygens (including phenoxy) is 1. The van der Waals surface area contributed by atoms with Crippen molar-refractivity contribution in [2.45, 2.75) is 59.4 Å². The zero-order valence-electron chi connectivity index (χ0n) is 13.3. The second-order valence-corrected chi connectivity index (χ2v) is 5.09. The average Bonchev–Trinajstić information content (AvgIpc) is 2.44. The summed E-state index contributed by atoms with van der Waals surface area (Å²) in [5.41, 5.74) is -0.187. The molecule has 0 unspecified atom stereocenters. The molecule has 0 saturated heterocycles. The molecule has 0 atom stereocenters. The van der Waals surface area contributed by atoms with Crippen molar-refractivity contribution in [3.63, 3.8) is 0 Å². The van der Waals surface area contributed by atoms with Gasteiger partial charge in [0.15, 0.2) is 0 Å². The fraction of sp³-hybridized carbons (Fsp3) is 0.714. The van der Waals surface area contributed by atoms with E-state index in [1.54, 1.807) is 6.92 Å². The van der Waals surface area contributed by atoms with Gasteiger partial charge in [-0.25, -0.2) is 4.98 Å². The van der Waals surface area contributed by atoms with Crippen molar-refractivity contribution in [2.75, 3.05) is 11.9 Å². The van der Waals surface area contributed by atoms with Crippen LogP contribution in [0.25, 0.3) is 0 Å². The van der Waals surface area contributed by atoms with Gasteiger partial charge >= 0.3 is 5.69 Å². The van der Waals surface area contributed by atoms with E-state index < -0.39 is 4.92 Å². The molecule has 0 bridgehead atoms. The molecule has 1 aromatic rings. The second kappa shape index (κ2) is 7.75. The van der Waals surface area contributed by atoms with Crippen molar-refractivity contribution in [1.82, 2.24) is 9.97 Å². The second-order valence-electron chi connectivity index (χ2n) is 5.09. The van der Waals surface area contributed by atoms with E-state index in [-0.39, 0.29) is 29.3 Å². The van der Waals surface area contributed by atoms with E-state index in [2.05, 4.69) is 15.3 Å². The van der Waals surface area contributed by atoms with Crippen LogP contribution in [0.1, 0.15) is 59.2 Å². The predicted molar refractivity (Wildman–Crippen MR) is 81.9 cm³/mol. The molecule has 1 heterocycles. The lowest BCUT2D eigenvalue weighted by Gasteiger charge is -2.17. The highest BCUT2D eigenvalue weighted by Crippen LogP contribution is 2.34. The van der Waals surface area contributed by atoms with Crippen LogP contribution < -0.4 is 10.1 Å². The van der Waals surface area contributed by atoms with Crippen molar-refractivity contribution in [3.8, 4) is 5.88 Å². The number of aromatic nitrogens is 2. The molecule has 0 fully saturated rings. The molecular formula is C14H24N4O3. The highest BCUT2D eigenvalue weighted by molar-refractivity contribution is 5.62. The number of hydrogen-bond donors (Lipinski definition) is 1. The molecule has 118 valence electrons. The van der Waals surface area contributed by atoms with E-state index in [0.717, 1.165) is 12.8 Å². The molecular weight excluding hydrogens is 272 g/mol. The van der Waals surface area contributed by atoms with Crippen LogP contribution in [0.4, 0.5) is 11.5 Å². The number of rotatable bonds is 8. The van der Waals surface area contributed by atoms with Gasteiger partial charge in [0.2, 0.25) is 5.82 Å². The van der Waals surface area contributed by atoms with Crippen LogP contribution in [-0.2, 0) is 0 Å². The molecule has 0 aliphatic rings. The van der Waals surface area contributed by atoms with Gasteiger partial charge in [0, 0.05) is 12.0 Å². The molecule has 1 N–H and O–H groups in total. The zero-order valence-corrected chi connectivity index (χ0v) is 13.3. The van der Waals surface area contributed by atoms with Crippen LogP contribution in [0, 0.1) is 10.1 Å². The van der Waals surface area contributed by atoms with E-state index in [4.69, 9.17) is 4.74 Å². The summed E-state index contributed by atoms with van der Waals surface area (Å²) in [7, 11) is 0. The molecule has 0 aliphatic carbocycles. The standard InChI is InChI=1S/C14H24N4O3/c1-6-10(7-2)15-13-11(18(19)20)14(21-8-3)17-12(16-13)9(4)5/h9-10H,6-8H2,1-5H3,(H,15,16,17). The van der Waals surface area contributed by atoms with E-state index in [1.807, 2.05) is 27.7 Å². The third-order valence-corrected chi connectivity index (χ3v) is 3.18. The third-order valence-electron chi connectivity index (χ3n) is 3.18. The SMILES string of the molecule is CCOc1nc(C(C)C)nc(NC(CC)CC)c1[N+](=O)[O-]. The largest absolute Gasteiger partial charge is 0.473 e.